The molecule has 0 fully saturated rings. The van der Waals surface area contributed by atoms with Crippen molar-refractivity contribution < 1.29 is 23.2 Å². The molecule has 0 saturated heterocycles. The van der Waals surface area contributed by atoms with Gasteiger partial charge in [-0.3, -0.25) is 0 Å². The first-order valence-corrected chi connectivity index (χ1v) is 7.90. The molecule has 0 aliphatic rings. The highest BCUT2D eigenvalue weighted by Gasteiger charge is 2.13. The topological polar surface area (TPSA) is 92.6 Å². The van der Waals surface area contributed by atoms with Gasteiger partial charge in [-0.05, 0) is 23.4 Å². The van der Waals surface area contributed by atoms with Gasteiger partial charge in [-0.2, -0.15) is 0 Å². The lowest BCUT2D eigenvalue weighted by atomic mass is 10.2. The number of rotatable bonds is 7. The predicted octanol–water partition coefficient (Wildman–Crippen LogP) is 3.04. The van der Waals surface area contributed by atoms with E-state index in [1.807, 2.05) is 6.07 Å². The first-order valence-electron chi connectivity index (χ1n) is 6.91. The van der Waals surface area contributed by atoms with Crippen molar-refractivity contribution in [2.75, 3.05) is 21.3 Å². The Hall–Kier alpha value is -2.68. The molecule has 0 unspecified atom stereocenters. The molecule has 0 bridgehead atoms. The maximum absolute atomic E-state index is 5.65. The lowest BCUT2D eigenvalue weighted by Gasteiger charge is -2.07. The zero-order valence-electron chi connectivity index (χ0n) is 13.3. The Morgan fingerprint density at radius 3 is 2.54 bits per heavy atom. The quantitative estimate of drug-likeness (QED) is 0.597. The molecule has 24 heavy (non-hydrogen) atoms. The summed E-state index contributed by atoms with van der Waals surface area (Å²) in [5, 5.41) is 12.2. The summed E-state index contributed by atoms with van der Waals surface area (Å²) in [6.07, 6.45) is 0. The highest BCUT2D eigenvalue weighted by molar-refractivity contribution is 7.98. The van der Waals surface area contributed by atoms with Crippen molar-refractivity contribution in [3.8, 4) is 28.8 Å². The number of nitrogens with zero attached hydrogens (tertiary/aromatic N) is 3. The molecular formula is C15H15N3O5S. The van der Waals surface area contributed by atoms with Crippen LogP contribution in [0.3, 0.4) is 0 Å². The van der Waals surface area contributed by atoms with Crippen molar-refractivity contribution in [2.45, 2.75) is 11.0 Å². The molecule has 0 atom stereocenters. The highest BCUT2D eigenvalue weighted by atomic mass is 32.2. The van der Waals surface area contributed by atoms with Gasteiger partial charge in [0.1, 0.15) is 0 Å². The molecule has 0 aliphatic heterocycles. The molecule has 3 aromatic rings. The number of methoxy groups -OCH3 is 3. The van der Waals surface area contributed by atoms with E-state index in [0.29, 0.717) is 40.0 Å². The van der Waals surface area contributed by atoms with E-state index >= 15 is 0 Å². The number of benzene rings is 1. The third kappa shape index (κ3) is 3.46. The predicted molar refractivity (Wildman–Crippen MR) is 85.5 cm³/mol. The fraction of sp³-hybridized carbons (Fsp3) is 0.267. The van der Waals surface area contributed by atoms with Gasteiger partial charge in [0.2, 0.25) is 5.89 Å². The molecule has 0 amide bonds. The third-order valence-electron chi connectivity index (χ3n) is 3.12. The van der Waals surface area contributed by atoms with Gasteiger partial charge >= 0.3 is 0 Å². The molecule has 0 saturated carbocycles. The number of thioether (sulfide) groups is 1. The fourth-order valence-corrected chi connectivity index (χ4v) is 2.58. The van der Waals surface area contributed by atoms with Crippen molar-refractivity contribution in [1.82, 2.24) is 15.4 Å². The van der Waals surface area contributed by atoms with E-state index in [4.69, 9.17) is 23.2 Å². The minimum atomic E-state index is 0.397. The standard InChI is InChI=1S/C15H15N3O5S/c1-19-11-5-4-9(6-12(11)20-2)14-16-17-15(22-14)24-8-10-7-13(21-3)18-23-10/h4-7H,8H2,1-3H3. The van der Waals surface area contributed by atoms with Crippen molar-refractivity contribution in [1.29, 1.82) is 0 Å². The number of hydrogen-bond acceptors (Lipinski definition) is 9. The Morgan fingerprint density at radius 1 is 1.00 bits per heavy atom. The summed E-state index contributed by atoms with van der Waals surface area (Å²) in [7, 11) is 4.68. The van der Waals surface area contributed by atoms with E-state index < -0.39 is 0 Å². The van der Waals surface area contributed by atoms with Crippen LogP contribution in [0.4, 0.5) is 0 Å². The van der Waals surface area contributed by atoms with Gasteiger partial charge in [0, 0.05) is 11.6 Å². The Bertz CT molecular complexity index is 817. The smallest absolute Gasteiger partial charge is 0.277 e. The van der Waals surface area contributed by atoms with E-state index in [0.717, 1.165) is 5.56 Å². The molecule has 9 heteroatoms. The normalized spacial score (nSPS) is 10.6. The summed E-state index contributed by atoms with van der Waals surface area (Å²) in [4.78, 5) is 0. The van der Waals surface area contributed by atoms with Gasteiger partial charge in [0.05, 0.1) is 27.1 Å². The molecule has 0 spiro atoms. The van der Waals surface area contributed by atoms with Gasteiger partial charge in [-0.1, -0.05) is 11.8 Å². The molecule has 0 aliphatic carbocycles. The van der Waals surface area contributed by atoms with Crippen molar-refractivity contribution in [2.24, 2.45) is 0 Å². The van der Waals surface area contributed by atoms with Crippen LogP contribution in [0.25, 0.3) is 11.5 Å². The summed E-state index contributed by atoms with van der Waals surface area (Å²) in [5.74, 6) is 3.22. The summed E-state index contributed by atoms with van der Waals surface area (Å²) in [6, 6.07) is 7.09. The molecule has 3 rings (SSSR count). The summed E-state index contributed by atoms with van der Waals surface area (Å²) >= 11 is 1.34. The van der Waals surface area contributed by atoms with Crippen LogP contribution in [0.5, 0.6) is 17.4 Å². The van der Waals surface area contributed by atoms with Crippen LogP contribution in [0, 0.1) is 0 Å². The number of aromatic nitrogens is 3. The van der Waals surface area contributed by atoms with E-state index in [1.54, 1.807) is 32.4 Å². The minimum Gasteiger partial charge on any atom is -0.493 e. The van der Waals surface area contributed by atoms with Gasteiger partial charge in [-0.25, -0.2) is 0 Å². The van der Waals surface area contributed by atoms with Crippen molar-refractivity contribution >= 4 is 11.8 Å². The van der Waals surface area contributed by atoms with Crippen LogP contribution in [0.2, 0.25) is 0 Å². The molecule has 2 aromatic heterocycles. The Balaban J connectivity index is 1.71. The maximum Gasteiger partial charge on any atom is 0.277 e. The van der Waals surface area contributed by atoms with Crippen LogP contribution in [-0.2, 0) is 5.75 Å². The number of hydrogen-bond donors (Lipinski definition) is 0. The second-order valence-corrected chi connectivity index (χ2v) is 5.49. The van der Waals surface area contributed by atoms with E-state index in [-0.39, 0.29) is 0 Å². The Morgan fingerprint density at radius 2 is 1.83 bits per heavy atom. The molecule has 0 radical (unpaired) electrons. The lowest BCUT2D eigenvalue weighted by Crippen LogP contribution is -1.90. The van der Waals surface area contributed by atoms with Crippen molar-refractivity contribution in [3.05, 3.63) is 30.0 Å². The van der Waals surface area contributed by atoms with E-state index in [9.17, 15) is 0 Å². The van der Waals surface area contributed by atoms with Crippen molar-refractivity contribution in [3.63, 3.8) is 0 Å². The Labute approximate surface area is 142 Å². The molecule has 1 aromatic carbocycles. The second-order valence-electron chi connectivity index (χ2n) is 4.57. The average molecular weight is 349 g/mol. The van der Waals surface area contributed by atoms with E-state index in [2.05, 4.69) is 15.4 Å². The zero-order chi connectivity index (χ0) is 16.9. The molecular weight excluding hydrogens is 334 g/mol. The second kappa shape index (κ2) is 7.26. The average Bonchev–Trinajstić information content (AvgIpc) is 3.28. The summed E-state index contributed by atoms with van der Waals surface area (Å²) < 4.78 is 26.2. The third-order valence-corrected chi connectivity index (χ3v) is 3.96. The SMILES string of the molecule is COc1cc(CSc2nnc(-c3ccc(OC)c(OC)c3)o2)on1. The van der Waals surface area contributed by atoms with Gasteiger partial charge in [0.25, 0.3) is 11.1 Å². The van der Waals surface area contributed by atoms with Gasteiger partial charge in [-0.15, -0.1) is 10.2 Å². The van der Waals surface area contributed by atoms with Gasteiger partial charge in [0.15, 0.2) is 17.3 Å². The zero-order valence-corrected chi connectivity index (χ0v) is 14.1. The van der Waals surface area contributed by atoms with Crippen LogP contribution in [0.15, 0.2) is 38.4 Å². The molecule has 0 N–H and O–H groups in total. The first kappa shape index (κ1) is 16.2. The van der Waals surface area contributed by atoms with Gasteiger partial charge < -0.3 is 23.2 Å². The minimum absolute atomic E-state index is 0.397. The monoisotopic (exact) mass is 349 g/mol. The van der Waals surface area contributed by atoms with E-state index in [1.165, 1.54) is 18.9 Å². The summed E-state index contributed by atoms with van der Waals surface area (Å²) in [6.45, 7) is 0. The fourth-order valence-electron chi connectivity index (χ4n) is 1.95. The highest BCUT2D eigenvalue weighted by Crippen LogP contribution is 2.33. The largest absolute Gasteiger partial charge is 0.493 e. The van der Waals surface area contributed by atoms with Crippen LogP contribution in [-0.4, -0.2) is 36.7 Å². The maximum atomic E-state index is 5.65. The van der Waals surface area contributed by atoms with Crippen LogP contribution >= 0.6 is 11.8 Å². The summed E-state index contributed by atoms with van der Waals surface area (Å²) in [5.41, 5.74) is 0.744. The lowest BCUT2D eigenvalue weighted by molar-refractivity contribution is 0.330. The number of ether oxygens (including phenoxy) is 3. The van der Waals surface area contributed by atoms with Crippen LogP contribution in [0.1, 0.15) is 5.76 Å². The molecule has 126 valence electrons. The van der Waals surface area contributed by atoms with Crippen LogP contribution < -0.4 is 14.2 Å². The Kier molecular flexibility index (Phi) is 4.90. The molecule has 8 nitrogen and oxygen atoms in total. The first-order chi connectivity index (χ1) is 11.7. The molecule has 2 heterocycles.